The third-order valence-electron chi connectivity index (χ3n) is 7.02. The van der Waals surface area contributed by atoms with Crippen LogP contribution in [0, 0.1) is 17.8 Å². The zero-order valence-corrected chi connectivity index (χ0v) is 15.1. The molecule has 1 saturated carbocycles. The largest absolute Gasteiger partial charge is 0.469 e. The molecule has 2 aromatic rings. The van der Waals surface area contributed by atoms with E-state index in [0.717, 1.165) is 32.4 Å². The number of H-pyrrole nitrogens is 1. The number of carbonyl (C=O) groups is 1. The number of rotatable bonds is 1. The van der Waals surface area contributed by atoms with Crippen molar-refractivity contribution in [1.29, 1.82) is 0 Å². The summed E-state index contributed by atoms with van der Waals surface area (Å²) < 4.78 is 5.04. The van der Waals surface area contributed by atoms with Gasteiger partial charge in [0.1, 0.15) is 0 Å². The first-order valence-electron chi connectivity index (χ1n) is 9.76. The highest BCUT2D eigenvalue weighted by Crippen LogP contribution is 2.49. The maximum absolute atomic E-state index is 12.4. The molecule has 5 rings (SSSR count). The van der Waals surface area contributed by atoms with Gasteiger partial charge in [-0.1, -0.05) is 18.2 Å². The van der Waals surface area contributed by atoms with Crippen LogP contribution in [0.2, 0.25) is 0 Å². The first-order chi connectivity index (χ1) is 12.7. The molecule has 2 fully saturated rings. The van der Waals surface area contributed by atoms with Crippen molar-refractivity contribution in [2.24, 2.45) is 17.8 Å². The van der Waals surface area contributed by atoms with E-state index in [1.54, 1.807) is 0 Å². The SMILES string of the molecule is COC(=O)[C@@H]1C2CC3c4[nH]c5ccccc5c4CCN3CC2CC[C@@H]1O. The second-order valence-electron chi connectivity index (χ2n) is 8.18. The van der Waals surface area contributed by atoms with Crippen LogP contribution in [0.25, 0.3) is 10.9 Å². The summed E-state index contributed by atoms with van der Waals surface area (Å²) in [4.78, 5) is 18.6. The van der Waals surface area contributed by atoms with Crippen LogP contribution in [0.4, 0.5) is 0 Å². The summed E-state index contributed by atoms with van der Waals surface area (Å²) in [6, 6.07) is 8.83. The Bertz CT molecular complexity index is 845. The molecule has 5 nitrogen and oxygen atoms in total. The van der Waals surface area contributed by atoms with Crippen molar-refractivity contribution in [2.75, 3.05) is 20.2 Å². The minimum Gasteiger partial charge on any atom is -0.469 e. The van der Waals surface area contributed by atoms with Gasteiger partial charge in [0.05, 0.1) is 25.2 Å². The number of aromatic nitrogens is 1. The Morgan fingerprint density at radius 3 is 3.00 bits per heavy atom. The van der Waals surface area contributed by atoms with Crippen LogP contribution >= 0.6 is 0 Å². The minimum absolute atomic E-state index is 0.199. The zero-order valence-electron chi connectivity index (χ0n) is 15.1. The van der Waals surface area contributed by atoms with Crippen molar-refractivity contribution in [1.82, 2.24) is 9.88 Å². The van der Waals surface area contributed by atoms with Crippen LogP contribution in [0.1, 0.15) is 36.6 Å². The van der Waals surface area contributed by atoms with E-state index >= 15 is 0 Å². The average Bonchev–Trinajstić information content (AvgIpc) is 3.05. The lowest BCUT2D eigenvalue weighted by Gasteiger charge is -2.50. The normalized spacial score (nSPS) is 34.0. The number of esters is 1. The fraction of sp³-hybridized carbons (Fsp3) is 0.571. The van der Waals surface area contributed by atoms with Gasteiger partial charge in [-0.3, -0.25) is 9.69 Å². The number of para-hydroxylation sites is 1. The molecule has 2 N–H and O–H groups in total. The summed E-state index contributed by atoms with van der Waals surface area (Å²) in [7, 11) is 1.43. The molecule has 0 radical (unpaired) electrons. The highest BCUT2D eigenvalue weighted by Gasteiger charge is 2.49. The summed E-state index contributed by atoms with van der Waals surface area (Å²) in [6.07, 6.45) is 3.14. The van der Waals surface area contributed by atoms with E-state index in [4.69, 9.17) is 4.74 Å². The molecule has 1 aromatic carbocycles. The number of nitrogens with one attached hydrogen (secondary N) is 1. The molecule has 5 heteroatoms. The van der Waals surface area contributed by atoms with Gasteiger partial charge in [0.15, 0.2) is 0 Å². The van der Waals surface area contributed by atoms with Crippen molar-refractivity contribution in [2.45, 2.75) is 37.8 Å². The van der Waals surface area contributed by atoms with Crippen LogP contribution < -0.4 is 0 Å². The van der Waals surface area contributed by atoms with Gasteiger partial charge < -0.3 is 14.8 Å². The standard InChI is InChI=1S/C21H26N2O3/c1-26-21(25)19-15-10-17-20-14(13-4-2-3-5-16(13)22-20)8-9-23(17)11-12(15)6-7-18(19)24/h2-5,12,15,17-19,22,24H,6-11H2,1H3/t12?,15?,17?,18-,19+/m0/s1. The summed E-state index contributed by atoms with van der Waals surface area (Å²) in [5.41, 5.74) is 3.96. The predicted molar refractivity (Wildman–Crippen MR) is 98.7 cm³/mol. The topological polar surface area (TPSA) is 65.6 Å². The van der Waals surface area contributed by atoms with Crippen LogP contribution in [-0.2, 0) is 16.0 Å². The number of piperidine rings is 1. The lowest BCUT2D eigenvalue weighted by atomic mass is 9.65. The Kier molecular flexibility index (Phi) is 3.83. The van der Waals surface area contributed by atoms with Crippen molar-refractivity contribution < 1.29 is 14.6 Å². The van der Waals surface area contributed by atoms with Gasteiger partial charge in [-0.15, -0.1) is 0 Å². The number of hydrogen-bond donors (Lipinski definition) is 2. The molecular weight excluding hydrogens is 328 g/mol. The minimum atomic E-state index is -0.568. The zero-order chi connectivity index (χ0) is 17.8. The highest BCUT2D eigenvalue weighted by molar-refractivity contribution is 5.85. The van der Waals surface area contributed by atoms with Gasteiger partial charge in [-0.25, -0.2) is 0 Å². The van der Waals surface area contributed by atoms with Crippen molar-refractivity contribution in [3.8, 4) is 0 Å². The fourth-order valence-electron chi connectivity index (χ4n) is 5.80. The number of aliphatic hydroxyl groups is 1. The van der Waals surface area contributed by atoms with Crippen LogP contribution in [0.5, 0.6) is 0 Å². The van der Waals surface area contributed by atoms with Gasteiger partial charge in [-0.2, -0.15) is 0 Å². The molecule has 0 spiro atoms. The molecule has 3 unspecified atom stereocenters. The third-order valence-corrected chi connectivity index (χ3v) is 7.02. The van der Waals surface area contributed by atoms with E-state index in [9.17, 15) is 9.90 Å². The number of hydrogen-bond acceptors (Lipinski definition) is 4. The first kappa shape index (κ1) is 16.3. The number of nitrogens with zero attached hydrogens (tertiary/aromatic N) is 1. The number of aromatic amines is 1. The lowest BCUT2D eigenvalue weighted by molar-refractivity contribution is -0.160. The molecule has 5 atom stereocenters. The molecule has 3 aliphatic rings. The van der Waals surface area contributed by atoms with E-state index in [1.165, 1.54) is 29.3 Å². The summed E-state index contributed by atoms with van der Waals surface area (Å²) >= 11 is 0. The first-order valence-corrected chi connectivity index (χ1v) is 9.76. The predicted octanol–water partition coefficient (Wildman–Crippen LogP) is 2.65. The molecule has 1 saturated heterocycles. The molecule has 26 heavy (non-hydrogen) atoms. The van der Waals surface area contributed by atoms with Gasteiger partial charge >= 0.3 is 5.97 Å². The molecule has 1 aliphatic carbocycles. The number of ether oxygens (including phenoxy) is 1. The van der Waals surface area contributed by atoms with Crippen LogP contribution in [0.3, 0.4) is 0 Å². The third kappa shape index (κ3) is 2.33. The number of fused-ring (bicyclic) bond motifs is 6. The van der Waals surface area contributed by atoms with Gasteiger partial charge in [0, 0.05) is 29.7 Å². The molecule has 2 aliphatic heterocycles. The molecule has 0 bridgehead atoms. The Labute approximate surface area is 153 Å². The van der Waals surface area contributed by atoms with Gasteiger partial charge in [-0.05, 0) is 49.1 Å². The monoisotopic (exact) mass is 354 g/mol. The Morgan fingerprint density at radius 2 is 2.15 bits per heavy atom. The molecule has 138 valence electrons. The number of benzene rings is 1. The Balaban J connectivity index is 1.52. The molecule has 1 aromatic heterocycles. The number of methoxy groups -OCH3 is 1. The van der Waals surface area contributed by atoms with E-state index in [-0.39, 0.29) is 17.8 Å². The Morgan fingerprint density at radius 1 is 1.31 bits per heavy atom. The summed E-state index contributed by atoms with van der Waals surface area (Å²) in [5.74, 6) is 0.0541. The van der Waals surface area contributed by atoms with E-state index < -0.39 is 6.10 Å². The van der Waals surface area contributed by atoms with Gasteiger partial charge in [0.25, 0.3) is 0 Å². The Hall–Kier alpha value is -1.85. The number of aliphatic hydroxyl groups excluding tert-OH is 1. The smallest absolute Gasteiger partial charge is 0.311 e. The molecule has 0 amide bonds. The van der Waals surface area contributed by atoms with Gasteiger partial charge in [0.2, 0.25) is 0 Å². The summed E-state index contributed by atoms with van der Waals surface area (Å²) in [5, 5.41) is 11.8. The lowest BCUT2D eigenvalue weighted by Crippen LogP contribution is -2.53. The second-order valence-corrected chi connectivity index (χ2v) is 8.18. The van der Waals surface area contributed by atoms with Crippen LogP contribution in [0.15, 0.2) is 24.3 Å². The van der Waals surface area contributed by atoms with Crippen molar-refractivity contribution in [3.05, 3.63) is 35.5 Å². The van der Waals surface area contributed by atoms with Crippen molar-refractivity contribution in [3.63, 3.8) is 0 Å². The van der Waals surface area contributed by atoms with Crippen molar-refractivity contribution >= 4 is 16.9 Å². The average molecular weight is 354 g/mol. The highest BCUT2D eigenvalue weighted by atomic mass is 16.5. The fourth-order valence-corrected chi connectivity index (χ4v) is 5.80. The molecular formula is C21H26N2O3. The molecule has 3 heterocycles. The number of carbonyl (C=O) groups excluding carboxylic acids is 1. The summed E-state index contributed by atoms with van der Waals surface area (Å²) in [6.45, 7) is 2.10. The quantitative estimate of drug-likeness (QED) is 0.773. The maximum Gasteiger partial charge on any atom is 0.311 e. The second kappa shape index (κ2) is 6.10. The van der Waals surface area contributed by atoms with Crippen LogP contribution in [-0.4, -0.2) is 47.3 Å². The van der Waals surface area contributed by atoms with E-state index in [2.05, 4.69) is 34.1 Å². The van der Waals surface area contributed by atoms with E-state index in [0.29, 0.717) is 18.4 Å². The van der Waals surface area contributed by atoms with E-state index in [1.807, 2.05) is 0 Å². The maximum atomic E-state index is 12.4.